The molecule has 0 bridgehead atoms. The van der Waals surface area contributed by atoms with Gasteiger partial charge in [0.25, 0.3) is 0 Å². The van der Waals surface area contributed by atoms with E-state index >= 15 is 0 Å². The van der Waals surface area contributed by atoms with E-state index in [1.54, 1.807) is 44.6 Å². The van der Waals surface area contributed by atoms with Gasteiger partial charge in [-0.25, -0.2) is 0 Å². The number of nitrogens with one attached hydrogen (secondary N) is 1. The lowest BCUT2D eigenvalue weighted by atomic mass is 10.1. The van der Waals surface area contributed by atoms with Gasteiger partial charge in [-0.1, -0.05) is 6.07 Å². The highest BCUT2D eigenvalue weighted by atomic mass is 16.5. The number of methoxy groups -OCH3 is 2. The summed E-state index contributed by atoms with van der Waals surface area (Å²) >= 11 is 0. The number of ether oxygens (including phenoxy) is 2. The molecule has 23 heavy (non-hydrogen) atoms. The Morgan fingerprint density at radius 3 is 2.57 bits per heavy atom. The Kier molecular flexibility index (Phi) is 5.21. The summed E-state index contributed by atoms with van der Waals surface area (Å²) in [5.74, 6) is 1.16. The minimum atomic E-state index is -0.190. The van der Waals surface area contributed by atoms with Gasteiger partial charge >= 0.3 is 0 Å². The number of nitriles is 1. The van der Waals surface area contributed by atoms with E-state index in [2.05, 4.69) is 5.32 Å². The van der Waals surface area contributed by atoms with Crippen LogP contribution in [0.1, 0.15) is 16.7 Å². The molecule has 5 nitrogen and oxygen atoms in total. The Balaban J connectivity index is 2.18. The van der Waals surface area contributed by atoms with Gasteiger partial charge in [-0.3, -0.25) is 4.79 Å². The zero-order valence-electron chi connectivity index (χ0n) is 13.3. The number of carbonyl (C=O) groups is 1. The van der Waals surface area contributed by atoms with E-state index in [1.165, 1.54) is 0 Å². The maximum atomic E-state index is 12.2. The molecule has 118 valence electrons. The molecule has 0 saturated carbocycles. The van der Waals surface area contributed by atoms with E-state index in [4.69, 9.17) is 14.7 Å². The molecular weight excluding hydrogens is 292 g/mol. The molecule has 2 aromatic rings. The highest BCUT2D eigenvalue weighted by molar-refractivity contribution is 5.92. The van der Waals surface area contributed by atoms with Crippen LogP contribution < -0.4 is 14.8 Å². The van der Waals surface area contributed by atoms with Crippen LogP contribution in [0.3, 0.4) is 0 Å². The molecule has 1 N–H and O–H groups in total. The molecule has 0 aliphatic rings. The van der Waals surface area contributed by atoms with E-state index in [9.17, 15) is 4.79 Å². The minimum Gasteiger partial charge on any atom is -0.496 e. The van der Waals surface area contributed by atoms with Gasteiger partial charge in [-0.05, 0) is 42.8 Å². The predicted octanol–water partition coefficient (Wildman–Crippen LogP) is 3.07. The summed E-state index contributed by atoms with van der Waals surface area (Å²) in [6, 6.07) is 12.5. The van der Waals surface area contributed by atoms with Gasteiger partial charge in [0.05, 0.1) is 32.3 Å². The largest absolute Gasteiger partial charge is 0.496 e. The quantitative estimate of drug-likeness (QED) is 0.921. The normalized spacial score (nSPS) is 9.83. The zero-order chi connectivity index (χ0) is 16.8. The van der Waals surface area contributed by atoms with E-state index in [0.29, 0.717) is 22.7 Å². The smallest absolute Gasteiger partial charge is 0.228 e. The topological polar surface area (TPSA) is 71.3 Å². The van der Waals surface area contributed by atoms with Gasteiger partial charge < -0.3 is 14.8 Å². The summed E-state index contributed by atoms with van der Waals surface area (Å²) in [7, 11) is 3.16. The van der Waals surface area contributed by atoms with Crippen molar-refractivity contribution in [3.63, 3.8) is 0 Å². The van der Waals surface area contributed by atoms with E-state index in [0.717, 1.165) is 11.1 Å². The first-order valence-electron chi connectivity index (χ1n) is 7.09. The summed E-state index contributed by atoms with van der Waals surface area (Å²) < 4.78 is 10.6. The standard InChI is InChI=1S/C18H18N2O3/c1-12-7-17(23-3)14(9-16(12)22-2)10-18(21)20-15-6-4-5-13(8-15)11-19/h4-9H,10H2,1-3H3,(H,20,21). The second-order valence-electron chi connectivity index (χ2n) is 5.05. The fraction of sp³-hybridized carbons (Fsp3) is 0.222. The lowest BCUT2D eigenvalue weighted by molar-refractivity contribution is -0.115. The van der Waals surface area contributed by atoms with Gasteiger partial charge in [-0.15, -0.1) is 0 Å². The molecule has 0 heterocycles. The van der Waals surface area contributed by atoms with Crippen molar-refractivity contribution in [1.29, 1.82) is 5.26 Å². The van der Waals surface area contributed by atoms with Gasteiger partial charge in [0.15, 0.2) is 0 Å². The second-order valence-corrected chi connectivity index (χ2v) is 5.05. The Hall–Kier alpha value is -3.00. The summed E-state index contributed by atoms with van der Waals surface area (Å²) in [4.78, 5) is 12.2. The molecule has 0 fully saturated rings. The first kappa shape index (κ1) is 16.4. The van der Waals surface area contributed by atoms with Crippen LogP contribution in [0.15, 0.2) is 36.4 Å². The van der Waals surface area contributed by atoms with Crippen molar-refractivity contribution >= 4 is 11.6 Å². The fourth-order valence-corrected chi connectivity index (χ4v) is 2.30. The van der Waals surface area contributed by atoms with Gasteiger partial charge in [0.1, 0.15) is 11.5 Å². The Morgan fingerprint density at radius 1 is 1.17 bits per heavy atom. The average molecular weight is 310 g/mol. The number of hydrogen-bond donors (Lipinski definition) is 1. The number of aryl methyl sites for hydroxylation is 1. The van der Waals surface area contributed by atoms with Crippen molar-refractivity contribution < 1.29 is 14.3 Å². The molecule has 0 spiro atoms. The molecule has 0 saturated heterocycles. The lowest BCUT2D eigenvalue weighted by Crippen LogP contribution is -2.15. The molecule has 2 rings (SSSR count). The van der Waals surface area contributed by atoms with Crippen molar-refractivity contribution in [2.75, 3.05) is 19.5 Å². The van der Waals surface area contributed by atoms with Gasteiger partial charge in [0, 0.05) is 11.3 Å². The first-order chi connectivity index (χ1) is 11.1. The molecule has 0 aliphatic heterocycles. The molecule has 2 aromatic carbocycles. The van der Waals surface area contributed by atoms with Crippen LogP contribution in [0.5, 0.6) is 11.5 Å². The Morgan fingerprint density at radius 2 is 1.91 bits per heavy atom. The SMILES string of the molecule is COc1cc(CC(=O)Nc2cccc(C#N)c2)c(OC)cc1C. The first-order valence-corrected chi connectivity index (χ1v) is 7.09. The number of carbonyl (C=O) groups excluding carboxylic acids is 1. The Bertz CT molecular complexity index is 763. The van der Waals surface area contributed by atoms with E-state index in [1.807, 2.05) is 19.1 Å². The highest BCUT2D eigenvalue weighted by Crippen LogP contribution is 2.28. The molecule has 0 aromatic heterocycles. The lowest BCUT2D eigenvalue weighted by Gasteiger charge is -2.13. The maximum absolute atomic E-state index is 12.2. The number of hydrogen-bond acceptors (Lipinski definition) is 4. The molecule has 0 radical (unpaired) electrons. The third-order valence-corrected chi connectivity index (χ3v) is 3.42. The highest BCUT2D eigenvalue weighted by Gasteiger charge is 2.13. The van der Waals surface area contributed by atoms with Crippen LogP contribution in [0.4, 0.5) is 5.69 Å². The summed E-state index contributed by atoms with van der Waals surface area (Å²) in [5.41, 5.74) is 2.77. The van der Waals surface area contributed by atoms with Crippen molar-refractivity contribution in [1.82, 2.24) is 0 Å². The monoisotopic (exact) mass is 310 g/mol. The third-order valence-electron chi connectivity index (χ3n) is 3.42. The van der Waals surface area contributed by atoms with Crippen molar-refractivity contribution in [2.24, 2.45) is 0 Å². The molecule has 0 unspecified atom stereocenters. The van der Waals surface area contributed by atoms with E-state index < -0.39 is 0 Å². The summed E-state index contributed by atoms with van der Waals surface area (Å²) in [6.45, 7) is 1.92. The van der Waals surface area contributed by atoms with Crippen LogP contribution in [0, 0.1) is 18.3 Å². The molecule has 0 aliphatic carbocycles. The molecular formula is C18H18N2O3. The average Bonchev–Trinajstić information content (AvgIpc) is 2.56. The second kappa shape index (κ2) is 7.32. The van der Waals surface area contributed by atoms with Crippen LogP contribution >= 0.6 is 0 Å². The summed E-state index contributed by atoms with van der Waals surface area (Å²) in [6.07, 6.45) is 0.149. The van der Waals surface area contributed by atoms with E-state index in [-0.39, 0.29) is 12.3 Å². The number of benzene rings is 2. The zero-order valence-corrected chi connectivity index (χ0v) is 13.3. The minimum absolute atomic E-state index is 0.149. The number of rotatable bonds is 5. The fourth-order valence-electron chi connectivity index (χ4n) is 2.30. The Labute approximate surface area is 135 Å². The third kappa shape index (κ3) is 4.01. The number of amides is 1. The van der Waals surface area contributed by atoms with Crippen molar-refractivity contribution in [3.8, 4) is 17.6 Å². The molecule has 1 amide bonds. The predicted molar refractivity (Wildman–Crippen MR) is 87.8 cm³/mol. The van der Waals surface area contributed by atoms with Crippen LogP contribution in [-0.2, 0) is 11.2 Å². The van der Waals surface area contributed by atoms with Crippen LogP contribution in [0.2, 0.25) is 0 Å². The van der Waals surface area contributed by atoms with Crippen LogP contribution in [-0.4, -0.2) is 20.1 Å². The number of anilines is 1. The van der Waals surface area contributed by atoms with Gasteiger partial charge in [0.2, 0.25) is 5.91 Å². The van der Waals surface area contributed by atoms with Crippen LogP contribution in [0.25, 0.3) is 0 Å². The molecule has 0 atom stereocenters. The van der Waals surface area contributed by atoms with Crippen molar-refractivity contribution in [2.45, 2.75) is 13.3 Å². The summed E-state index contributed by atoms with van der Waals surface area (Å²) in [5, 5.41) is 11.7. The van der Waals surface area contributed by atoms with Crippen molar-refractivity contribution in [3.05, 3.63) is 53.1 Å². The number of nitrogens with zero attached hydrogens (tertiary/aromatic N) is 1. The van der Waals surface area contributed by atoms with Gasteiger partial charge in [-0.2, -0.15) is 5.26 Å². The molecule has 5 heteroatoms. The maximum Gasteiger partial charge on any atom is 0.228 e.